The molecule has 126 valence electrons. The molecule has 0 aromatic carbocycles. The first-order valence-corrected chi connectivity index (χ1v) is 10.2. The molecule has 0 fully saturated rings. The van der Waals surface area contributed by atoms with Crippen molar-refractivity contribution in [3.8, 4) is 0 Å². The van der Waals surface area contributed by atoms with Crippen molar-refractivity contribution in [3.63, 3.8) is 0 Å². The van der Waals surface area contributed by atoms with Crippen molar-refractivity contribution in [2.24, 2.45) is 5.10 Å². The van der Waals surface area contributed by atoms with Crippen LogP contribution in [0.3, 0.4) is 0 Å². The van der Waals surface area contributed by atoms with Crippen LogP contribution in [0.1, 0.15) is 22.2 Å². The second-order valence-electron chi connectivity index (χ2n) is 5.07. The van der Waals surface area contributed by atoms with Gasteiger partial charge in [0.1, 0.15) is 0 Å². The zero-order valence-corrected chi connectivity index (χ0v) is 15.5. The number of amides is 1. The molecule has 0 radical (unpaired) electrons. The Kier molecular flexibility index (Phi) is 5.70. The number of hydrogen-bond acceptors (Lipinski definition) is 7. The van der Waals surface area contributed by atoms with Crippen molar-refractivity contribution in [2.45, 2.75) is 12.5 Å². The van der Waals surface area contributed by atoms with E-state index in [1.807, 2.05) is 35.0 Å². The quantitative estimate of drug-likeness (QED) is 0.721. The lowest BCUT2D eigenvalue weighted by Crippen LogP contribution is -2.28. The normalized spacial score (nSPS) is 17.0. The standard InChI is InChI=1S/C16H16N2O3S3/c1-21-16(20)10-22-9-15(19)18-12(14-5-3-7-24-14)8-11(17-18)13-4-2-6-23-13/h2-7,12H,8-10H2,1H3/t12-/m0/s1. The third kappa shape index (κ3) is 3.88. The smallest absolute Gasteiger partial charge is 0.315 e. The van der Waals surface area contributed by atoms with Crippen molar-refractivity contribution >= 4 is 52.0 Å². The zero-order chi connectivity index (χ0) is 16.9. The van der Waals surface area contributed by atoms with Gasteiger partial charge >= 0.3 is 5.97 Å². The Morgan fingerprint density at radius 2 is 2.08 bits per heavy atom. The summed E-state index contributed by atoms with van der Waals surface area (Å²) >= 11 is 4.50. The fourth-order valence-corrected chi connectivity index (χ4v) is 4.61. The molecule has 1 atom stereocenters. The van der Waals surface area contributed by atoms with Crippen LogP contribution >= 0.6 is 34.4 Å². The second-order valence-corrected chi connectivity index (χ2v) is 7.98. The molecular weight excluding hydrogens is 364 g/mol. The van der Waals surface area contributed by atoms with E-state index in [0.717, 1.165) is 15.5 Å². The van der Waals surface area contributed by atoms with E-state index < -0.39 is 0 Å². The van der Waals surface area contributed by atoms with Crippen LogP contribution in [0.25, 0.3) is 0 Å². The molecule has 0 saturated heterocycles. The summed E-state index contributed by atoms with van der Waals surface area (Å²) in [4.78, 5) is 26.0. The largest absolute Gasteiger partial charge is 0.468 e. The molecule has 1 aliphatic rings. The van der Waals surface area contributed by atoms with Crippen molar-refractivity contribution in [1.82, 2.24) is 5.01 Å². The van der Waals surface area contributed by atoms with Gasteiger partial charge in [-0.15, -0.1) is 34.4 Å². The van der Waals surface area contributed by atoms with Crippen LogP contribution in [-0.2, 0) is 14.3 Å². The van der Waals surface area contributed by atoms with Crippen molar-refractivity contribution in [1.29, 1.82) is 0 Å². The predicted molar refractivity (Wildman–Crippen MR) is 98.7 cm³/mol. The molecule has 3 rings (SSSR count). The molecule has 5 nitrogen and oxygen atoms in total. The molecule has 0 aliphatic carbocycles. The fraction of sp³-hybridized carbons (Fsp3) is 0.312. The molecule has 0 spiro atoms. The van der Waals surface area contributed by atoms with Crippen LogP contribution in [-0.4, -0.2) is 41.2 Å². The fourth-order valence-electron chi connectivity index (χ4n) is 2.38. The van der Waals surface area contributed by atoms with Crippen LogP contribution in [0.2, 0.25) is 0 Å². The van der Waals surface area contributed by atoms with Crippen LogP contribution < -0.4 is 0 Å². The lowest BCUT2D eigenvalue weighted by Gasteiger charge is -2.20. The Morgan fingerprint density at radius 3 is 2.75 bits per heavy atom. The number of hydrogen-bond donors (Lipinski definition) is 0. The number of esters is 1. The maximum atomic E-state index is 12.6. The zero-order valence-electron chi connectivity index (χ0n) is 13.0. The van der Waals surface area contributed by atoms with Gasteiger partial charge in [-0.05, 0) is 22.9 Å². The van der Waals surface area contributed by atoms with E-state index in [0.29, 0.717) is 6.42 Å². The second kappa shape index (κ2) is 7.96. The molecule has 2 aromatic heterocycles. The molecule has 0 unspecified atom stereocenters. The number of hydrazone groups is 1. The number of ether oxygens (including phenoxy) is 1. The molecule has 0 saturated carbocycles. The molecule has 0 bridgehead atoms. The highest BCUT2D eigenvalue weighted by Crippen LogP contribution is 2.36. The van der Waals surface area contributed by atoms with E-state index in [4.69, 9.17) is 0 Å². The lowest BCUT2D eigenvalue weighted by atomic mass is 10.1. The van der Waals surface area contributed by atoms with E-state index in [2.05, 4.69) is 9.84 Å². The topological polar surface area (TPSA) is 59.0 Å². The van der Waals surface area contributed by atoms with Crippen LogP contribution in [0.15, 0.2) is 40.1 Å². The Bertz CT molecular complexity index is 726. The number of rotatable bonds is 6. The van der Waals surface area contributed by atoms with Crippen LogP contribution in [0.5, 0.6) is 0 Å². The number of methoxy groups -OCH3 is 1. The summed E-state index contributed by atoms with van der Waals surface area (Å²) in [5.41, 5.74) is 0.940. The van der Waals surface area contributed by atoms with Gasteiger partial charge in [0.2, 0.25) is 0 Å². The summed E-state index contributed by atoms with van der Waals surface area (Å²) in [5, 5.41) is 10.2. The van der Waals surface area contributed by atoms with Gasteiger partial charge in [-0.3, -0.25) is 9.59 Å². The SMILES string of the molecule is COC(=O)CSCC(=O)N1N=C(c2cccs2)C[C@H]1c1cccs1. The Labute approximate surface area is 152 Å². The summed E-state index contributed by atoms with van der Waals surface area (Å²) in [7, 11) is 1.34. The van der Waals surface area contributed by atoms with Gasteiger partial charge in [-0.1, -0.05) is 12.1 Å². The van der Waals surface area contributed by atoms with Crippen LogP contribution in [0.4, 0.5) is 0 Å². The van der Waals surface area contributed by atoms with Gasteiger partial charge in [-0.2, -0.15) is 5.10 Å². The Morgan fingerprint density at radius 1 is 1.29 bits per heavy atom. The molecule has 8 heteroatoms. The Balaban J connectivity index is 1.73. The highest BCUT2D eigenvalue weighted by Gasteiger charge is 2.33. The van der Waals surface area contributed by atoms with Gasteiger partial charge < -0.3 is 4.74 Å². The molecule has 0 N–H and O–H groups in total. The third-order valence-corrected chi connectivity index (χ3v) is 6.30. The molecule has 24 heavy (non-hydrogen) atoms. The van der Waals surface area contributed by atoms with Gasteiger partial charge in [0.15, 0.2) is 0 Å². The third-order valence-electron chi connectivity index (χ3n) is 3.52. The van der Waals surface area contributed by atoms with Gasteiger partial charge in [0.05, 0.1) is 35.2 Å². The number of thioether (sulfide) groups is 1. The number of thiophene rings is 2. The number of nitrogens with zero attached hydrogens (tertiary/aromatic N) is 2. The van der Waals surface area contributed by atoms with Crippen molar-refractivity contribution in [2.75, 3.05) is 18.6 Å². The lowest BCUT2D eigenvalue weighted by molar-refractivity contribution is -0.137. The van der Waals surface area contributed by atoms with Gasteiger partial charge in [0, 0.05) is 11.3 Å². The average Bonchev–Trinajstić information content (AvgIpc) is 3.33. The van der Waals surface area contributed by atoms with E-state index in [1.54, 1.807) is 27.7 Å². The average molecular weight is 381 g/mol. The minimum absolute atomic E-state index is 0.0617. The van der Waals surface area contributed by atoms with Crippen molar-refractivity contribution < 1.29 is 14.3 Å². The highest BCUT2D eigenvalue weighted by molar-refractivity contribution is 8.00. The number of carbonyl (C=O) groups is 2. The summed E-state index contributed by atoms with van der Waals surface area (Å²) in [6, 6.07) is 7.96. The molecular formula is C16H16N2O3S3. The number of carbonyl (C=O) groups excluding carboxylic acids is 2. The van der Waals surface area contributed by atoms with Crippen LogP contribution in [0, 0.1) is 0 Å². The molecule has 3 heterocycles. The summed E-state index contributed by atoms with van der Waals surface area (Å²) in [6.07, 6.45) is 0.717. The molecule has 1 amide bonds. The minimum atomic E-state index is -0.327. The van der Waals surface area contributed by atoms with Gasteiger partial charge in [-0.25, -0.2) is 5.01 Å². The minimum Gasteiger partial charge on any atom is -0.468 e. The summed E-state index contributed by atoms with van der Waals surface area (Å²) in [6.45, 7) is 0. The first kappa shape index (κ1) is 17.2. The summed E-state index contributed by atoms with van der Waals surface area (Å²) < 4.78 is 4.59. The Hall–Kier alpha value is -1.64. The van der Waals surface area contributed by atoms with Gasteiger partial charge in [0.25, 0.3) is 5.91 Å². The van der Waals surface area contributed by atoms with E-state index in [-0.39, 0.29) is 29.4 Å². The first-order chi connectivity index (χ1) is 11.7. The predicted octanol–water partition coefficient (Wildman–Crippen LogP) is 3.39. The highest BCUT2D eigenvalue weighted by atomic mass is 32.2. The molecule has 1 aliphatic heterocycles. The maximum absolute atomic E-state index is 12.6. The monoisotopic (exact) mass is 380 g/mol. The van der Waals surface area contributed by atoms with Crippen molar-refractivity contribution in [3.05, 3.63) is 44.8 Å². The summed E-state index contributed by atoms with van der Waals surface area (Å²) in [5.74, 6) is -0.0416. The van der Waals surface area contributed by atoms with E-state index in [1.165, 1.54) is 18.9 Å². The van der Waals surface area contributed by atoms with E-state index in [9.17, 15) is 9.59 Å². The first-order valence-electron chi connectivity index (χ1n) is 7.30. The van der Waals surface area contributed by atoms with E-state index >= 15 is 0 Å². The molecule has 2 aromatic rings. The maximum Gasteiger partial charge on any atom is 0.315 e.